The van der Waals surface area contributed by atoms with Crippen LogP contribution >= 0.6 is 0 Å². The van der Waals surface area contributed by atoms with E-state index in [-0.39, 0.29) is 24.1 Å². The summed E-state index contributed by atoms with van der Waals surface area (Å²) in [5, 5.41) is 13.1. The van der Waals surface area contributed by atoms with E-state index < -0.39 is 11.7 Å². The zero-order chi connectivity index (χ0) is 19.7. The van der Waals surface area contributed by atoms with Gasteiger partial charge in [0.05, 0.1) is 18.2 Å². The van der Waals surface area contributed by atoms with Gasteiger partial charge in [0.2, 0.25) is 0 Å². The van der Waals surface area contributed by atoms with Crippen LogP contribution in [0.15, 0.2) is 65.9 Å². The number of rotatable bonds is 4. The third-order valence-corrected chi connectivity index (χ3v) is 5.78. The van der Waals surface area contributed by atoms with Crippen LogP contribution in [0.5, 0.6) is 0 Å². The SMILES string of the molecule is CCN1CC(C(=O)N[C@@H]2CCC(c3ccccc3)c3ccccc32)=C(O)C1=O. The van der Waals surface area contributed by atoms with E-state index in [4.69, 9.17) is 0 Å². The summed E-state index contributed by atoms with van der Waals surface area (Å²) in [4.78, 5) is 26.2. The Morgan fingerprint density at radius 1 is 1.07 bits per heavy atom. The predicted octanol–water partition coefficient (Wildman–Crippen LogP) is 3.44. The topological polar surface area (TPSA) is 69.6 Å². The van der Waals surface area contributed by atoms with Crippen molar-refractivity contribution in [3.05, 3.63) is 82.6 Å². The number of amides is 2. The van der Waals surface area contributed by atoms with E-state index in [0.717, 1.165) is 18.4 Å². The number of benzene rings is 2. The third-order valence-electron chi connectivity index (χ3n) is 5.78. The van der Waals surface area contributed by atoms with Crippen LogP contribution in [0.2, 0.25) is 0 Å². The van der Waals surface area contributed by atoms with E-state index in [0.29, 0.717) is 12.5 Å². The molecule has 1 aliphatic carbocycles. The van der Waals surface area contributed by atoms with Gasteiger partial charge in [-0.1, -0.05) is 54.6 Å². The summed E-state index contributed by atoms with van der Waals surface area (Å²) in [5.41, 5.74) is 3.77. The smallest absolute Gasteiger partial charge is 0.289 e. The average Bonchev–Trinajstić information content (AvgIpc) is 3.03. The van der Waals surface area contributed by atoms with Crippen molar-refractivity contribution in [1.82, 2.24) is 10.2 Å². The lowest BCUT2D eigenvalue weighted by Crippen LogP contribution is -2.34. The molecule has 1 aliphatic heterocycles. The van der Waals surface area contributed by atoms with Gasteiger partial charge in [0.25, 0.3) is 11.8 Å². The highest BCUT2D eigenvalue weighted by molar-refractivity contribution is 6.07. The van der Waals surface area contributed by atoms with Gasteiger partial charge in [0, 0.05) is 12.5 Å². The van der Waals surface area contributed by atoms with Crippen molar-refractivity contribution >= 4 is 11.8 Å². The van der Waals surface area contributed by atoms with Crippen molar-refractivity contribution in [2.75, 3.05) is 13.1 Å². The summed E-state index contributed by atoms with van der Waals surface area (Å²) in [7, 11) is 0. The predicted molar refractivity (Wildman–Crippen MR) is 107 cm³/mol. The van der Waals surface area contributed by atoms with Crippen LogP contribution in [0.3, 0.4) is 0 Å². The molecule has 2 aliphatic rings. The number of hydrogen-bond donors (Lipinski definition) is 2. The molecule has 4 rings (SSSR count). The van der Waals surface area contributed by atoms with E-state index in [9.17, 15) is 14.7 Å². The molecule has 2 aromatic rings. The highest BCUT2D eigenvalue weighted by Gasteiger charge is 2.35. The minimum atomic E-state index is -0.471. The Morgan fingerprint density at radius 2 is 1.75 bits per heavy atom. The fourth-order valence-electron chi connectivity index (χ4n) is 4.27. The number of aliphatic hydroxyl groups is 1. The van der Waals surface area contributed by atoms with Crippen molar-refractivity contribution in [1.29, 1.82) is 0 Å². The molecule has 0 bridgehead atoms. The Labute approximate surface area is 164 Å². The number of aliphatic hydroxyl groups excluding tert-OH is 1. The molecule has 2 aromatic carbocycles. The largest absolute Gasteiger partial charge is 0.503 e. The van der Waals surface area contributed by atoms with Crippen LogP contribution in [0.4, 0.5) is 0 Å². The maximum absolute atomic E-state index is 12.8. The molecule has 0 aromatic heterocycles. The second kappa shape index (κ2) is 7.50. The quantitative estimate of drug-likeness (QED) is 0.859. The lowest BCUT2D eigenvalue weighted by molar-refractivity contribution is -0.127. The molecular weight excluding hydrogens is 352 g/mol. The zero-order valence-electron chi connectivity index (χ0n) is 15.9. The van der Waals surface area contributed by atoms with Crippen LogP contribution in [-0.2, 0) is 9.59 Å². The number of nitrogens with zero attached hydrogens (tertiary/aromatic N) is 1. The first-order valence-corrected chi connectivity index (χ1v) is 9.76. The zero-order valence-corrected chi connectivity index (χ0v) is 15.9. The molecule has 2 atom stereocenters. The normalized spacial score (nSPS) is 21.6. The van der Waals surface area contributed by atoms with Crippen LogP contribution in [0, 0.1) is 0 Å². The van der Waals surface area contributed by atoms with E-state index in [2.05, 4.69) is 41.7 Å². The molecule has 1 heterocycles. The molecule has 1 unspecified atom stereocenters. The molecule has 0 spiro atoms. The number of hydrogen-bond acceptors (Lipinski definition) is 3. The molecule has 0 saturated heterocycles. The van der Waals surface area contributed by atoms with Gasteiger partial charge in [-0.05, 0) is 36.5 Å². The lowest BCUT2D eigenvalue weighted by Gasteiger charge is -2.32. The molecular formula is C23H24N2O3. The summed E-state index contributed by atoms with van der Waals surface area (Å²) in [6.07, 6.45) is 1.73. The minimum absolute atomic E-state index is 0.130. The van der Waals surface area contributed by atoms with Gasteiger partial charge in [-0.15, -0.1) is 0 Å². The maximum Gasteiger partial charge on any atom is 0.289 e. The lowest BCUT2D eigenvalue weighted by atomic mass is 9.76. The maximum atomic E-state index is 12.8. The Balaban J connectivity index is 1.58. The van der Waals surface area contributed by atoms with Gasteiger partial charge < -0.3 is 15.3 Å². The number of likely N-dealkylation sites (N-methyl/N-ethyl adjacent to an activating group) is 1. The molecule has 5 heteroatoms. The Morgan fingerprint density at radius 3 is 2.43 bits per heavy atom. The van der Waals surface area contributed by atoms with Gasteiger partial charge in [0.15, 0.2) is 5.76 Å². The minimum Gasteiger partial charge on any atom is -0.503 e. The monoisotopic (exact) mass is 376 g/mol. The summed E-state index contributed by atoms with van der Waals surface area (Å²) in [6, 6.07) is 18.5. The van der Waals surface area contributed by atoms with E-state index in [1.165, 1.54) is 16.0 Å². The fraction of sp³-hybridized carbons (Fsp3) is 0.304. The van der Waals surface area contributed by atoms with Crippen molar-refractivity contribution in [3.63, 3.8) is 0 Å². The van der Waals surface area contributed by atoms with Crippen LogP contribution in [0.1, 0.15) is 48.4 Å². The van der Waals surface area contributed by atoms with Gasteiger partial charge in [-0.3, -0.25) is 9.59 Å². The van der Waals surface area contributed by atoms with Gasteiger partial charge in [0.1, 0.15) is 0 Å². The van der Waals surface area contributed by atoms with E-state index in [1.54, 1.807) is 0 Å². The molecule has 0 radical (unpaired) electrons. The van der Waals surface area contributed by atoms with Crippen molar-refractivity contribution in [2.45, 2.75) is 31.7 Å². The van der Waals surface area contributed by atoms with Gasteiger partial charge in [-0.25, -0.2) is 0 Å². The summed E-state index contributed by atoms with van der Waals surface area (Å²) in [5.74, 6) is -0.951. The second-order valence-corrected chi connectivity index (χ2v) is 7.34. The molecule has 28 heavy (non-hydrogen) atoms. The Kier molecular flexibility index (Phi) is 4.90. The molecule has 144 valence electrons. The first-order valence-electron chi connectivity index (χ1n) is 9.76. The first-order chi connectivity index (χ1) is 13.6. The number of fused-ring (bicyclic) bond motifs is 1. The molecule has 5 nitrogen and oxygen atoms in total. The molecule has 0 fully saturated rings. The van der Waals surface area contributed by atoms with Crippen molar-refractivity contribution in [2.24, 2.45) is 0 Å². The number of carbonyl (C=O) groups excluding carboxylic acids is 2. The van der Waals surface area contributed by atoms with Crippen molar-refractivity contribution < 1.29 is 14.7 Å². The van der Waals surface area contributed by atoms with E-state index >= 15 is 0 Å². The molecule has 0 saturated carbocycles. The van der Waals surface area contributed by atoms with Gasteiger partial charge >= 0.3 is 0 Å². The Bertz CT molecular complexity index is 936. The average molecular weight is 376 g/mol. The third kappa shape index (κ3) is 3.17. The highest BCUT2D eigenvalue weighted by atomic mass is 16.3. The molecule has 2 N–H and O–H groups in total. The molecule has 2 amide bonds. The summed E-state index contributed by atoms with van der Waals surface area (Å²) >= 11 is 0. The highest BCUT2D eigenvalue weighted by Crippen LogP contribution is 2.41. The van der Waals surface area contributed by atoms with E-state index in [1.807, 2.05) is 25.1 Å². The van der Waals surface area contributed by atoms with Crippen LogP contribution in [-0.4, -0.2) is 34.9 Å². The second-order valence-electron chi connectivity index (χ2n) is 7.34. The summed E-state index contributed by atoms with van der Waals surface area (Å²) in [6.45, 7) is 2.45. The van der Waals surface area contributed by atoms with Crippen LogP contribution < -0.4 is 5.32 Å². The number of carbonyl (C=O) groups is 2. The standard InChI is InChI=1S/C23H24N2O3/c1-2-25-14-19(21(26)23(25)28)22(27)24-20-13-12-16(15-8-4-3-5-9-15)17-10-6-7-11-18(17)20/h3-11,16,20,26H,2,12-14H2,1H3,(H,24,27)/t16?,20-/m1/s1. The van der Waals surface area contributed by atoms with Crippen molar-refractivity contribution in [3.8, 4) is 0 Å². The number of nitrogens with one attached hydrogen (secondary N) is 1. The fourth-order valence-corrected chi connectivity index (χ4v) is 4.27. The Hall–Kier alpha value is -3.08. The summed E-state index contributed by atoms with van der Waals surface area (Å²) < 4.78 is 0. The first kappa shape index (κ1) is 18.3. The van der Waals surface area contributed by atoms with Gasteiger partial charge in [-0.2, -0.15) is 0 Å². The van der Waals surface area contributed by atoms with Crippen LogP contribution in [0.25, 0.3) is 0 Å².